The maximum atomic E-state index is 13.3. The van der Waals surface area contributed by atoms with Gasteiger partial charge in [-0.05, 0) is 61.0 Å². The summed E-state index contributed by atoms with van der Waals surface area (Å²) in [6, 6.07) is 16.7. The van der Waals surface area contributed by atoms with Crippen LogP contribution in [0.1, 0.15) is 15.9 Å². The van der Waals surface area contributed by atoms with Gasteiger partial charge < -0.3 is 0 Å². The normalized spacial score (nSPS) is 15.1. The van der Waals surface area contributed by atoms with Crippen molar-refractivity contribution < 1.29 is 22.4 Å². The van der Waals surface area contributed by atoms with Gasteiger partial charge in [-0.25, -0.2) is 17.6 Å². The number of rotatable bonds is 4. The molecule has 0 spiro atoms. The minimum atomic E-state index is -4.16. The summed E-state index contributed by atoms with van der Waals surface area (Å²) >= 11 is 0. The van der Waals surface area contributed by atoms with Crippen LogP contribution >= 0.6 is 0 Å². The third kappa shape index (κ3) is 3.35. The van der Waals surface area contributed by atoms with Crippen molar-refractivity contribution in [3.05, 3.63) is 89.7 Å². The van der Waals surface area contributed by atoms with E-state index in [0.717, 1.165) is 22.6 Å². The molecule has 0 atom stereocenters. The quantitative estimate of drug-likeness (QED) is 0.590. The first-order valence-electron chi connectivity index (χ1n) is 9.10. The fourth-order valence-corrected chi connectivity index (χ4v) is 4.92. The molecule has 1 aliphatic heterocycles. The molecule has 1 aliphatic rings. The van der Waals surface area contributed by atoms with Gasteiger partial charge in [-0.3, -0.25) is 9.69 Å². The molecular weight excluding hydrogens is 407 g/mol. The van der Waals surface area contributed by atoms with Crippen LogP contribution in [0.3, 0.4) is 0 Å². The highest BCUT2D eigenvalue weighted by atomic mass is 32.2. The molecule has 0 radical (unpaired) electrons. The number of benzene rings is 3. The average Bonchev–Trinajstić information content (AvgIpc) is 2.71. The van der Waals surface area contributed by atoms with E-state index in [1.807, 2.05) is 0 Å². The summed E-state index contributed by atoms with van der Waals surface area (Å²) in [7, 11) is -4.16. The van der Waals surface area contributed by atoms with E-state index in [9.17, 15) is 22.4 Å². The van der Waals surface area contributed by atoms with Crippen LogP contribution in [0, 0.1) is 12.7 Å². The standard InChI is InChI=1S/C22H17FN2O4S/c1-15-5-4-6-18(13-15)25-22(27)24(14-20(26)16-9-11-17(23)12-10-16)19-7-2-3-8-21(19)30(25,28)29/h2-13H,14H2,1H3. The first kappa shape index (κ1) is 19.8. The Morgan fingerprint density at radius 1 is 0.967 bits per heavy atom. The number of fused-ring (bicyclic) bond motifs is 1. The number of carbonyl (C=O) groups excluding carboxylic acids is 2. The molecule has 0 bridgehead atoms. The van der Waals surface area contributed by atoms with E-state index in [1.165, 1.54) is 30.3 Å². The van der Waals surface area contributed by atoms with Gasteiger partial charge in [0.05, 0.1) is 17.9 Å². The lowest BCUT2D eigenvalue weighted by Gasteiger charge is -2.36. The lowest BCUT2D eigenvalue weighted by molar-refractivity contribution is 0.0999. The zero-order valence-corrected chi connectivity index (χ0v) is 16.8. The van der Waals surface area contributed by atoms with Gasteiger partial charge >= 0.3 is 6.03 Å². The lowest BCUT2D eigenvalue weighted by Crippen LogP contribution is -2.52. The second kappa shape index (κ2) is 7.38. The van der Waals surface area contributed by atoms with Crippen molar-refractivity contribution in [2.45, 2.75) is 11.8 Å². The maximum Gasteiger partial charge on any atom is 0.343 e. The summed E-state index contributed by atoms with van der Waals surface area (Å²) < 4.78 is 40.3. The van der Waals surface area contributed by atoms with E-state index in [0.29, 0.717) is 4.31 Å². The molecule has 0 saturated carbocycles. The van der Waals surface area contributed by atoms with Crippen molar-refractivity contribution in [3.63, 3.8) is 0 Å². The van der Waals surface area contributed by atoms with Crippen molar-refractivity contribution in [2.75, 3.05) is 15.7 Å². The number of anilines is 2. The number of Topliss-reactive ketones (excluding diaryl/α,β-unsaturated/α-hetero) is 1. The molecule has 0 fully saturated rings. The molecule has 3 aromatic rings. The molecule has 1 heterocycles. The van der Waals surface area contributed by atoms with Crippen LogP contribution in [0.25, 0.3) is 0 Å². The lowest BCUT2D eigenvalue weighted by atomic mass is 10.1. The summed E-state index contributed by atoms with van der Waals surface area (Å²) in [6.07, 6.45) is 0. The Balaban J connectivity index is 1.81. The summed E-state index contributed by atoms with van der Waals surface area (Å²) in [5.74, 6) is -0.927. The zero-order chi connectivity index (χ0) is 21.5. The molecule has 0 unspecified atom stereocenters. The molecule has 6 nitrogen and oxygen atoms in total. The molecule has 3 aromatic carbocycles. The van der Waals surface area contributed by atoms with Crippen LogP contribution in [-0.4, -0.2) is 26.8 Å². The zero-order valence-electron chi connectivity index (χ0n) is 15.9. The van der Waals surface area contributed by atoms with Gasteiger partial charge in [0, 0.05) is 5.56 Å². The van der Waals surface area contributed by atoms with Crippen LogP contribution in [-0.2, 0) is 10.0 Å². The van der Waals surface area contributed by atoms with Gasteiger partial charge in [0.1, 0.15) is 10.7 Å². The molecule has 0 N–H and O–H groups in total. The number of amides is 2. The van der Waals surface area contributed by atoms with Crippen molar-refractivity contribution in [1.29, 1.82) is 0 Å². The maximum absolute atomic E-state index is 13.3. The number of aryl methyl sites for hydroxylation is 1. The third-order valence-electron chi connectivity index (χ3n) is 4.78. The number of sulfonamides is 1. The predicted molar refractivity (Wildman–Crippen MR) is 111 cm³/mol. The minimum absolute atomic E-state index is 0.0713. The summed E-state index contributed by atoms with van der Waals surface area (Å²) in [4.78, 5) is 27.1. The van der Waals surface area contributed by atoms with Gasteiger partial charge in [0.25, 0.3) is 10.0 Å². The van der Waals surface area contributed by atoms with Crippen LogP contribution in [0.15, 0.2) is 77.7 Å². The molecule has 0 saturated heterocycles. The van der Waals surface area contributed by atoms with Gasteiger partial charge in [-0.2, -0.15) is 4.31 Å². The van der Waals surface area contributed by atoms with E-state index in [1.54, 1.807) is 37.3 Å². The van der Waals surface area contributed by atoms with Crippen molar-refractivity contribution in [2.24, 2.45) is 0 Å². The van der Waals surface area contributed by atoms with E-state index >= 15 is 0 Å². The highest BCUT2D eigenvalue weighted by Gasteiger charge is 2.43. The number of para-hydroxylation sites is 1. The van der Waals surface area contributed by atoms with Gasteiger partial charge in [-0.15, -0.1) is 0 Å². The van der Waals surface area contributed by atoms with Gasteiger partial charge in [-0.1, -0.05) is 24.3 Å². The van der Waals surface area contributed by atoms with Crippen LogP contribution in [0.4, 0.5) is 20.6 Å². The summed E-state index contributed by atoms with van der Waals surface area (Å²) in [5.41, 5.74) is 1.32. The molecule has 2 amide bonds. The molecule has 0 aliphatic carbocycles. The Labute approximate surface area is 173 Å². The van der Waals surface area contributed by atoms with Gasteiger partial charge in [0.15, 0.2) is 5.78 Å². The average molecular weight is 424 g/mol. The van der Waals surface area contributed by atoms with Crippen molar-refractivity contribution in [3.8, 4) is 0 Å². The topological polar surface area (TPSA) is 74.8 Å². The summed E-state index contributed by atoms with van der Waals surface area (Å²) in [6.45, 7) is 1.40. The number of urea groups is 1. The van der Waals surface area contributed by atoms with Gasteiger partial charge in [0.2, 0.25) is 0 Å². The molecule has 8 heteroatoms. The van der Waals surface area contributed by atoms with Crippen molar-refractivity contribution in [1.82, 2.24) is 0 Å². The fraction of sp³-hybridized carbons (Fsp3) is 0.0909. The Kier molecular flexibility index (Phi) is 4.87. The first-order chi connectivity index (χ1) is 14.3. The Hall–Kier alpha value is -3.52. The molecular formula is C22H17FN2O4S. The number of carbonyl (C=O) groups is 2. The number of hydrogen-bond acceptors (Lipinski definition) is 4. The Morgan fingerprint density at radius 2 is 1.67 bits per heavy atom. The third-order valence-corrected chi connectivity index (χ3v) is 6.53. The monoisotopic (exact) mass is 424 g/mol. The second-order valence-corrected chi connectivity index (χ2v) is 8.63. The molecule has 152 valence electrons. The number of nitrogens with zero attached hydrogens (tertiary/aromatic N) is 2. The minimum Gasteiger partial charge on any atom is -0.292 e. The molecule has 4 rings (SSSR count). The Bertz CT molecular complexity index is 1260. The van der Waals surface area contributed by atoms with Crippen LogP contribution < -0.4 is 9.21 Å². The molecule has 0 aromatic heterocycles. The van der Waals surface area contributed by atoms with E-state index in [4.69, 9.17) is 0 Å². The molecule has 30 heavy (non-hydrogen) atoms. The predicted octanol–water partition coefficient (Wildman–Crippen LogP) is 4.15. The van der Waals surface area contributed by atoms with Crippen LogP contribution in [0.2, 0.25) is 0 Å². The van der Waals surface area contributed by atoms with E-state index in [-0.39, 0.29) is 28.4 Å². The first-order valence-corrected chi connectivity index (χ1v) is 10.5. The van der Waals surface area contributed by atoms with E-state index < -0.39 is 27.7 Å². The van der Waals surface area contributed by atoms with Crippen molar-refractivity contribution >= 4 is 33.2 Å². The number of halogens is 1. The largest absolute Gasteiger partial charge is 0.343 e. The SMILES string of the molecule is Cc1cccc(N2C(=O)N(CC(=O)c3ccc(F)cc3)c3ccccc3S2(=O)=O)c1. The second-order valence-electron chi connectivity index (χ2n) is 6.87. The highest BCUT2D eigenvalue weighted by Crippen LogP contribution is 2.37. The van der Waals surface area contributed by atoms with E-state index in [2.05, 4.69) is 0 Å². The Morgan fingerprint density at radius 3 is 2.37 bits per heavy atom. The smallest absolute Gasteiger partial charge is 0.292 e. The fourth-order valence-electron chi connectivity index (χ4n) is 3.34. The number of ketones is 1. The highest BCUT2D eigenvalue weighted by molar-refractivity contribution is 7.94. The summed E-state index contributed by atoms with van der Waals surface area (Å²) in [5, 5.41) is 0. The number of hydrogen-bond donors (Lipinski definition) is 0. The van der Waals surface area contributed by atoms with Crippen LogP contribution in [0.5, 0.6) is 0 Å².